The summed E-state index contributed by atoms with van der Waals surface area (Å²) in [4.78, 5) is 11.0. The number of esters is 1. The molecule has 24 heavy (non-hydrogen) atoms. The molecule has 142 valence electrons. The summed E-state index contributed by atoms with van der Waals surface area (Å²) >= 11 is 0. The van der Waals surface area contributed by atoms with Gasteiger partial charge in [-0.1, -0.05) is 13.5 Å². The van der Waals surface area contributed by atoms with Gasteiger partial charge in [-0.25, -0.2) is 21.6 Å². The van der Waals surface area contributed by atoms with E-state index in [4.69, 9.17) is 0 Å². The third-order valence-electron chi connectivity index (χ3n) is 2.90. The lowest BCUT2D eigenvalue weighted by Gasteiger charge is -2.29. The van der Waals surface area contributed by atoms with E-state index in [1.165, 1.54) is 0 Å². The average molecular weight is 406 g/mol. The first kappa shape index (κ1) is 22.7. The van der Waals surface area contributed by atoms with E-state index in [9.17, 15) is 48.0 Å². The molecule has 0 aromatic carbocycles. The molecule has 0 N–H and O–H groups in total. The first-order chi connectivity index (χ1) is 10.4. The van der Waals surface area contributed by atoms with Gasteiger partial charge in [0.2, 0.25) is 0 Å². The van der Waals surface area contributed by atoms with E-state index in [1.54, 1.807) is 0 Å². The second-order valence-electron chi connectivity index (χ2n) is 4.56. The van der Waals surface area contributed by atoms with Crippen LogP contribution in [0.4, 0.5) is 26.3 Å². The quantitative estimate of drug-likeness (QED) is 0.380. The van der Waals surface area contributed by atoms with Gasteiger partial charge in [0.05, 0.1) is 0 Å². The van der Waals surface area contributed by atoms with Crippen molar-refractivity contribution in [1.29, 1.82) is 0 Å². The fraction of sp³-hybridized carbons (Fsp3) is 0.700. The van der Waals surface area contributed by atoms with Gasteiger partial charge in [0, 0.05) is 12.0 Å². The van der Waals surface area contributed by atoms with Crippen molar-refractivity contribution in [2.45, 2.75) is 35.6 Å². The lowest BCUT2D eigenvalue weighted by molar-refractivity contribution is -0.144. The molecule has 0 heterocycles. The van der Waals surface area contributed by atoms with E-state index in [-0.39, 0.29) is 0 Å². The Bertz CT molecular complexity index is 646. The van der Waals surface area contributed by atoms with E-state index < -0.39 is 53.3 Å². The van der Waals surface area contributed by atoms with E-state index in [2.05, 4.69) is 11.3 Å². The highest BCUT2D eigenvalue weighted by molar-refractivity contribution is 8.09. The second-order valence-corrected chi connectivity index (χ2v) is 8.98. The molecule has 2 unspecified atom stereocenters. The molecule has 14 heteroatoms. The number of carbonyl (C=O) groups excluding carboxylic acids is 1. The Morgan fingerprint density at radius 1 is 0.958 bits per heavy atom. The summed E-state index contributed by atoms with van der Waals surface area (Å²) in [5.41, 5.74) is -12.5. The van der Waals surface area contributed by atoms with Gasteiger partial charge >= 0.3 is 17.0 Å². The largest absolute Gasteiger partial charge is 0.498 e. The first-order valence-corrected chi connectivity index (χ1v) is 8.94. The summed E-state index contributed by atoms with van der Waals surface area (Å²) in [6.45, 7) is 4.14. The van der Waals surface area contributed by atoms with Gasteiger partial charge in [-0.05, 0) is 6.92 Å². The molecule has 0 aliphatic rings. The van der Waals surface area contributed by atoms with E-state index >= 15 is 0 Å². The molecule has 0 bridgehead atoms. The smallest absolute Gasteiger partial charge is 0.459 e. The maximum atomic E-state index is 12.6. The number of hydrogen-bond acceptors (Lipinski definition) is 6. The topological polar surface area (TPSA) is 94.6 Å². The highest BCUT2D eigenvalue weighted by Gasteiger charge is 2.65. The SMILES string of the molecule is C=CC(=O)OC(C)C(C)C(S(=O)(=O)C(F)(F)F)S(=O)(=O)C(F)(F)F. The van der Waals surface area contributed by atoms with Crippen molar-refractivity contribution < 1.29 is 52.7 Å². The minimum atomic E-state index is -6.79. The van der Waals surface area contributed by atoms with Crippen LogP contribution in [0.1, 0.15) is 13.8 Å². The van der Waals surface area contributed by atoms with Crippen molar-refractivity contribution in [2.24, 2.45) is 5.92 Å². The van der Waals surface area contributed by atoms with Gasteiger partial charge < -0.3 is 4.74 Å². The lowest BCUT2D eigenvalue weighted by Crippen LogP contribution is -2.50. The average Bonchev–Trinajstić information content (AvgIpc) is 2.34. The molecule has 0 fully saturated rings. The number of ether oxygens (including phenoxy) is 1. The standard InChI is InChI=1S/C10H12F6O6S2/c1-4-7(17)22-6(3)5(2)8(23(18,19)9(11,12)13)24(20,21)10(14,15)16/h4-6,8H,1H2,2-3H3. The molecule has 0 aliphatic heterocycles. The molecule has 0 amide bonds. The maximum Gasteiger partial charge on any atom is 0.498 e. The highest BCUT2D eigenvalue weighted by atomic mass is 32.3. The Labute approximate surface area is 133 Å². The van der Waals surface area contributed by atoms with Crippen LogP contribution in [-0.2, 0) is 29.2 Å². The number of rotatable bonds is 6. The van der Waals surface area contributed by atoms with E-state index in [0.717, 1.165) is 6.92 Å². The lowest BCUT2D eigenvalue weighted by atomic mass is 10.1. The molecule has 6 nitrogen and oxygen atoms in total. The zero-order valence-corrected chi connectivity index (χ0v) is 13.7. The molecular weight excluding hydrogens is 394 g/mol. The Balaban J connectivity index is 6.31. The number of hydrogen-bond donors (Lipinski definition) is 0. The zero-order chi connectivity index (χ0) is 19.7. The van der Waals surface area contributed by atoms with Crippen LogP contribution in [-0.4, -0.2) is 44.5 Å². The number of sulfone groups is 2. The second kappa shape index (κ2) is 6.90. The molecular formula is C10H12F6O6S2. The summed E-state index contributed by atoms with van der Waals surface area (Å²) in [6, 6.07) is 0. The number of halogens is 6. The minimum Gasteiger partial charge on any atom is -0.459 e. The van der Waals surface area contributed by atoms with Crippen LogP contribution >= 0.6 is 0 Å². The van der Waals surface area contributed by atoms with Crippen LogP contribution in [0.2, 0.25) is 0 Å². The summed E-state index contributed by atoms with van der Waals surface area (Å²) in [5, 5.41) is 0. The van der Waals surface area contributed by atoms with Crippen LogP contribution in [0.3, 0.4) is 0 Å². The fourth-order valence-electron chi connectivity index (χ4n) is 1.56. The molecule has 0 saturated carbocycles. The Morgan fingerprint density at radius 2 is 1.29 bits per heavy atom. The molecule has 0 radical (unpaired) electrons. The normalized spacial score (nSPS) is 16.5. The third-order valence-corrected chi connectivity index (χ3v) is 7.79. The van der Waals surface area contributed by atoms with Gasteiger partial charge in [0.1, 0.15) is 6.10 Å². The summed E-state index contributed by atoms with van der Waals surface area (Å²) in [5.74, 6) is -3.67. The summed E-state index contributed by atoms with van der Waals surface area (Å²) in [6.07, 6.45) is -1.40. The molecule has 0 aromatic heterocycles. The third kappa shape index (κ3) is 4.40. The summed E-state index contributed by atoms with van der Waals surface area (Å²) < 4.78 is 122. The van der Waals surface area contributed by atoms with Crippen molar-refractivity contribution in [3.63, 3.8) is 0 Å². The van der Waals surface area contributed by atoms with Gasteiger partial charge in [0.25, 0.3) is 19.7 Å². The van der Waals surface area contributed by atoms with Crippen molar-refractivity contribution in [2.75, 3.05) is 0 Å². The van der Waals surface area contributed by atoms with Crippen molar-refractivity contribution in [1.82, 2.24) is 0 Å². The molecule has 2 atom stereocenters. The van der Waals surface area contributed by atoms with Crippen LogP contribution < -0.4 is 0 Å². The molecule has 0 saturated heterocycles. The Kier molecular flexibility index (Phi) is 6.52. The van der Waals surface area contributed by atoms with Crippen molar-refractivity contribution in [3.8, 4) is 0 Å². The minimum absolute atomic E-state index is 0.471. The Morgan fingerprint density at radius 3 is 1.54 bits per heavy atom. The van der Waals surface area contributed by atoms with E-state index in [0.29, 0.717) is 13.0 Å². The maximum absolute atomic E-state index is 12.6. The van der Waals surface area contributed by atoms with E-state index in [1.807, 2.05) is 0 Å². The monoisotopic (exact) mass is 406 g/mol. The van der Waals surface area contributed by atoms with Crippen LogP contribution in [0.25, 0.3) is 0 Å². The molecule has 0 spiro atoms. The fourth-order valence-corrected chi connectivity index (χ4v) is 5.64. The van der Waals surface area contributed by atoms with Crippen molar-refractivity contribution >= 4 is 25.6 Å². The predicted molar refractivity (Wildman–Crippen MR) is 68.7 cm³/mol. The van der Waals surface area contributed by atoms with Gasteiger partial charge in [-0.2, -0.15) is 26.3 Å². The Hall–Kier alpha value is -1.31. The molecule has 0 rings (SSSR count). The number of alkyl halides is 6. The van der Waals surface area contributed by atoms with Gasteiger partial charge in [-0.3, -0.25) is 0 Å². The van der Waals surface area contributed by atoms with Gasteiger partial charge in [0.15, 0.2) is 4.58 Å². The van der Waals surface area contributed by atoms with Crippen LogP contribution in [0.15, 0.2) is 12.7 Å². The predicted octanol–water partition coefficient (Wildman–Crippen LogP) is 1.94. The van der Waals surface area contributed by atoms with Crippen LogP contribution in [0.5, 0.6) is 0 Å². The summed E-state index contributed by atoms with van der Waals surface area (Å²) in [7, 11) is -13.6. The van der Waals surface area contributed by atoms with Gasteiger partial charge in [-0.15, -0.1) is 0 Å². The molecule has 0 aromatic rings. The van der Waals surface area contributed by atoms with Crippen LogP contribution in [0, 0.1) is 5.92 Å². The number of carbonyl (C=O) groups is 1. The zero-order valence-electron chi connectivity index (χ0n) is 12.1. The highest BCUT2D eigenvalue weighted by Crippen LogP contribution is 2.40. The first-order valence-electron chi connectivity index (χ1n) is 5.84. The van der Waals surface area contributed by atoms with Crippen molar-refractivity contribution in [3.05, 3.63) is 12.7 Å². The molecule has 0 aliphatic carbocycles.